The van der Waals surface area contributed by atoms with Crippen LogP contribution in [0.5, 0.6) is 0 Å². The average Bonchev–Trinajstić information content (AvgIpc) is 3.93. The number of aromatic nitrogens is 3. The molecule has 260 valence electrons. The van der Waals surface area contributed by atoms with Crippen LogP contribution in [0, 0.1) is 6.92 Å². The van der Waals surface area contributed by atoms with Crippen LogP contribution >= 0.6 is 0 Å². The lowest BCUT2D eigenvalue weighted by Gasteiger charge is -2.11. The monoisotopic (exact) mass is 709 g/mol. The fourth-order valence-electron chi connectivity index (χ4n) is 8.18. The summed E-state index contributed by atoms with van der Waals surface area (Å²) in [6.45, 7) is 4.07. The molecule has 0 bridgehead atoms. The zero-order chi connectivity index (χ0) is 36.6. The number of fused-ring (bicyclic) bond motifs is 9. The third-order valence-corrected chi connectivity index (χ3v) is 10.7. The van der Waals surface area contributed by atoms with E-state index in [4.69, 9.17) is 28.2 Å². The second kappa shape index (κ2) is 12.1. The quantitative estimate of drug-likeness (QED) is 0.177. The molecule has 0 saturated heterocycles. The molecule has 0 aliphatic heterocycles. The molecule has 0 radical (unpaired) electrons. The molecular formula is C49H31N3O3. The molecule has 55 heavy (non-hydrogen) atoms. The van der Waals surface area contributed by atoms with Gasteiger partial charge in [0.25, 0.3) is 0 Å². The van der Waals surface area contributed by atoms with Gasteiger partial charge in [-0.15, -0.1) is 0 Å². The van der Waals surface area contributed by atoms with Gasteiger partial charge in [0.1, 0.15) is 33.7 Å². The number of hydrogen-bond acceptors (Lipinski definition) is 6. The molecule has 0 aliphatic rings. The van der Waals surface area contributed by atoms with Gasteiger partial charge >= 0.3 is 0 Å². The molecule has 0 spiro atoms. The van der Waals surface area contributed by atoms with E-state index in [9.17, 15) is 0 Å². The molecule has 0 atom stereocenters. The highest BCUT2D eigenvalue weighted by Crippen LogP contribution is 2.45. The smallest absolute Gasteiger partial charge is 0.167 e. The predicted octanol–water partition coefficient (Wildman–Crippen LogP) is 13.3. The van der Waals surface area contributed by atoms with E-state index in [2.05, 4.69) is 79.7 Å². The SMILES string of the molecule is C/C=C(/c1nc(-c2ccccc2)nc(-c2cccc3oc4cccc(-c5cccc6oc7c8ccccc8ccc7c56)c4c23)n1)c1oc2ccccc2c1C. The van der Waals surface area contributed by atoms with Gasteiger partial charge in [0.05, 0.1) is 5.57 Å². The Hall–Kier alpha value is -7.31. The normalized spacial score (nSPS) is 12.3. The number of para-hydroxylation sites is 1. The number of benzene rings is 7. The summed E-state index contributed by atoms with van der Waals surface area (Å²) in [5.41, 5.74) is 9.73. The largest absolute Gasteiger partial charge is 0.456 e. The third-order valence-electron chi connectivity index (χ3n) is 10.7. The van der Waals surface area contributed by atoms with Crippen molar-refractivity contribution in [3.05, 3.63) is 169 Å². The first-order valence-corrected chi connectivity index (χ1v) is 18.4. The Morgan fingerprint density at radius 1 is 0.473 bits per heavy atom. The summed E-state index contributed by atoms with van der Waals surface area (Å²) >= 11 is 0. The van der Waals surface area contributed by atoms with Crippen LogP contribution in [0.3, 0.4) is 0 Å². The molecule has 11 rings (SSSR count). The van der Waals surface area contributed by atoms with Crippen molar-refractivity contribution >= 4 is 71.2 Å². The van der Waals surface area contributed by atoms with Crippen LogP contribution in [0.25, 0.3) is 105 Å². The van der Waals surface area contributed by atoms with Gasteiger partial charge in [0.2, 0.25) is 0 Å². The maximum Gasteiger partial charge on any atom is 0.167 e. The van der Waals surface area contributed by atoms with Crippen molar-refractivity contribution in [1.29, 1.82) is 0 Å². The molecule has 6 nitrogen and oxygen atoms in total. The Morgan fingerprint density at radius 3 is 1.85 bits per heavy atom. The average molecular weight is 710 g/mol. The Kier molecular flexibility index (Phi) is 6.88. The van der Waals surface area contributed by atoms with Gasteiger partial charge < -0.3 is 13.3 Å². The summed E-state index contributed by atoms with van der Waals surface area (Å²) in [5.74, 6) is 2.38. The maximum atomic E-state index is 6.63. The molecule has 0 N–H and O–H groups in total. The molecule has 0 aliphatic carbocycles. The van der Waals surface area contributed by atoms with Gasteiger partial charge in [-0.1, -0.05) is 121 Å². The Labute approximate surface area is 315 Å². The van der Waals surface area contributed by atoms with Crippen LogP contribution in [0.15, 0.2) is 165 Å². The summed E-state index contributed by atoms with van der Waals surface area (Å²) < 4.78 is 19.7. The highest BCUT2D eigenvalue weighted by molar-refractivity contribution is 6.24. The topological polar surface area (TPSA) is 78.1 Å². The molecule has 0 amide bonds. The number of aryl methyl sites for hydroxylation is 1. The van der Waals surface area contributed by atoms with Crippen LogP contribution in [0.1, 0.15) is 24.1 Å². The Bertz CT molecular complexity index is 3350. The molecule has 4 heterocycles. The lowest BCUT2D eigenvalue weighted by Crippen LogP contribution is -2.04. The van der Waals surface area contributed by atoms with Crippen molar-refractivity contribution in [2.24, 2.45) is 0 Å². The van der Waals surface area contributed by atoms with Gasteiger partial charge in [-0.05, 0) is 60.7 Å². The molecule has 11 aromatic rings. The van der Waals surface area contributed by atoms with E-state index >= 15 is 0 Å². The predicted molar refractivity (Wildman–Crippen MR) is 222 cm³/mol. The van der Waals surface area contributed by atoms with E-state index in [0.717, 1.165) is 105 Å². The van der Waals surface area contributed by atoms with E-state index in [1.165, 1.54) is 0 Å². The van der Waals surface area contributed by atoms with Crippen molar-refractivity contribution in [3.63, 3.8) is 0 Å². The summed E-state index contributed by atoms with van der Waals surface area (Å²) in [5, 5.41) is 7.35. The summed E-state index contributed by atoms with van der Waals surface area (Å²) in [6, 6.07) is 49.4. The Morgan fingerprint density at radius 2 is 1.09 bits per heavy atom. The van der Waals surface area contributed by atoms with Gasteiger partial charge in [-0.25, -0.2) is 15.0 Å². The summed E-state index contributed by atoms with van der Waals surface area (Å²) in [4.78, 5) is 15.5. The highest BCUT2D eigenvalue weighted by atomic mass is 16.3. The summed E-state index contributed by atoms with van der Waals surface area (Å²) in [6.07, 6.45) is 2.02. The molecule has 6 heteroatoms. The standard InChI is InChI=1S/C49H31N3O3/c1-3-31(45-28(2)32-17-9-10-22-38(32)54-45)48-50-47(30-15-5-4-6-16-30)51-49(52-48)37-21-13-25-41-44(37)43-35(20-12-24-40(43)53-41)34-19-11-23-39-42(34)36-27-26-29-14-7-8-18-33(29)46(36)55-39/h3-27H,1-2H3/b31-3+. The number of allylic oxidation sites excluding steroid dienone is 1. The molecule has 4 aromatic heterocycles. The lowest BCUT2D eigenvalue weighted by atomic mass is 9.93. The fourth-order valence-corrected chi connectivity index (χ4v) is 8.18. The first-order chi connectivity index (χ1) is 27.1. The summed E-state index contributed by atoms with van der Waals surface area (Å²) in [7, 11) is 0. The molecular weight excluding hydrogens is 679 g/mol. The highest BCUT2D eigenvalue weighted by Gasteiger charge is 2.24. The van der Waals surface area contributed by atoms with Crippen LogP contribution in [0.4, 0.5) is 0 Å². The van der Waals surface area contributed by atoms with Gasteiger partial charge in [-0.2, -0.15) is 0 Å². The van der Waals surface area contributed by atoms with Gasteiger partial charge in [-0.3, -0.25) is 0 Å². The minimum Gasteiger partial charge on any atom is -0.456 e. The lowest BCUT2D eigenvalue weighted by molar-refractivity contribution is 0.596. The van der Waals surface area contributed by atoms with Gasteiger partial charge in [0.15, 0.2) is 17.5 Å². The van der Waals surface area contributed by atoms with Crippen LogP contribution < -0.4 is 0 Å². The van der Waals surface area contributed by atoms with E-state index in [-0.39, 0.29) is 0 Å². The number of rotatable bonds is 5. The minimum absolute atomic E-state index is 0.528. The van der Waals surface area contributed by atoms with Gasteiger partial charge in [0, 0.05) is 49.0 Å². The zero-order valence-corrected chi connectivity index (χ0v) is 30.0. The maximum absolute atomic E-state index is 6.63. The van der Waals surface area contributed by atoms with Crippen molar-refractivity contribution < 1.29 is 13.3 Å². The second-order valence-electron chi connectivity index (χ2n) is 13.8. The number of nitrogens with zero attached hydrogens (tertiary/aromatic N) is 3. The van der Waals surface area contributed by atoms with E-state index in [1.54, 1.807) is 0 Å². The molecule has 7 aromatic carbocycles. The van der Waals surface area contributed by atoms with Crippen molar-refractivity contribution in [1.82, 2.24) is 15.0 Å². The number of hydrogen-bond donors (Lipinski definition) is 0. The zero-order valence-electron chi connectivity index (χ0n) is 30.0. The van der Waals surface area contributed by atoms with Crippen LogP contribution in [-0.2, 0) is 0 Å². The minimum atomic E-state index is 0.528. The van der Waals surface area contributed by atoms with E-state index < -0.39 is 0 Å². The fraction of sp³-hybridized carbons (Fsp3) is 0.0408. The molecule has 0 fully saturated rings. The van der Waals surface area contributed by atoms with Crippen LogP contribution in [0.2, 0.25) is 0 Å². The first-order valence-electron chi connectivity index (χ1n) is 18.4. The third kappa shape index (κ3) is 4.78. The van der Waals surface area contributed by atoms with Crippen molar-refractivity contribution in [3.8, 4) is 33.9 Å². The van der Waals surface area contributed by atoms with Crippen LogP contribution in [-0.4, -0.2) is 15.0 Å². The van der Waals surface area contributed by atoms with Crippen molar-refractivity contribution in [2.75, 3.05) is 0 Å². The first kappa shape index (κ1) is 31.2. The Balaban J connectivity index is 1.18. The molecule has 0 saturated carbocycles. The second-order valence-corrected chi connectivity index (χ2v) is 13.8. The van der Waals surface area contributed by atoms with E-state index in [1.807, 2.05) is 85.8 Å². The number of furan rings is 3. The van der Waals surface area contributed by atoms with Crippen molar-refractivity contribution in [2.45, 2.75) is 13.8 Å². The van der Waals surface area contributed by atoms with E-state index in [0.29, 0.717) is 17.5 Å². The molecule has 0 unspecified atom stereocenters.